The minimum Gasteiger partial charge on any atom is -0.489 e. The van der Waals surface area contributed by atoms with Gasteiger partial charge in [-0.3, -0.25) is 0 Å². The predicted octanol–water partition coefficient (Wildman–Crippen LogP) is 4.53. The Labute approximate surface area is 229 Å². The summed E-state index contributed by atoms with van der Waals surface area (Å²) in [5, 5.41) is 8.70. The zero-order chi connectivity index (χ0) is 29.2. The predicted molar refractivity (Wildman–Crippen MR) is 135 cm³/mol. The number of aromatic nitrogens is 1. The quantitative estimate of drug-likeness (QED) is 0.300. The number of hydrogen-bond acceptors (Lipinski definition) is 9. The minimum absolute atomic E-state index is 0.0220. The number of pyridine rings is 1. The van der Waals surface area contributed by atoms with Gasteiger partial charge in [0.05, 0.1) is 31.5 Å². The molecular formula is C23H29ClF3N3O8S. The number of rotatable bonds is 14. The van der Waals surface area contributed by atoms with Crippen LogP contribution < -0.4 is 18.5 Å². The van der Waals surface area contributed by atoms with Crippen LogP contribution in [0.1, 0.15) is 32.8 Å². The van der Waals surface area contributed by atoms with E-state index < -0.39 is 51.2 Å². The number of carbonyl (C=O) groups is 1. The molecule has 11 nitrogen and oxygen atoms in total. The zero-order valence-corrected chi connectivity index (χ0v) is 22.9. The molecule has 0 unspecified atom stereocenters. The maximum absolute atomic E-state index is 13.4. The smallest absolute Gasteiger partial charge is 0.429 e. The molecular weight excluding hydrogens is 571 g/mol. The first kappa shape index (κ1) is 32.4. The lowest BCUT2D eigenvalue weighted by atomic mass is 10.2. The molecule has 2 aromatic rings. The molecule has 0 aliphatic rings. The SMILES string of the molecule is CCCOC(=O)N(c1c(OCCO)cccc1Oc1ncc(C(F)(F)F)cc1Cl)S(=O)(=O)NCCOC(C)C. The number of alkyl halides is 3. The number of anilines is 1. The van der Waals surface area contributed by atoms with Gasteiger partial charge >= 0.3 is 22.5 Å². The van der Waals surface area contributed by atoms with Crippen LogP contribution in [0.5, 0.6) is 17.4 Å². The first-order chi connectivity index (χ1) is 18.3. The van der Waals surface area contributed by atoms with Crippen molar-refractivity contribution < 1.29 is 50.4 Å². The minimum atomic E-state index is -4.72. The van der Waals surface area contributed by atoms with Gasteiger partial charge in [-0.25, -0.2) is 9.78 Å². The molecule has 0 radical (unpaired) electrons. The van der Waals surface area contributed by atoms with Crippen molar-refractivity contribution in [2.75, 3.05) is 37.3 Å². The van der Waals surface area contributed by atoms with Crippen LogP contribution in [0.25, 0.3) is 0 Å². The number of hydrogen-bond donors (Lipinski definition) is 2. The molecule has 2 N–H and O–H groups in total. The Kier molecular flexibility index (Phi) is 12.0. The molecule has 0 aliphatic heterocycles. The van der Waals surface area contributed by atoms with Crippen molar-refractivity contribution in [3.63, 3.8) is 0 Å². The van der Waals surface area contributed by atoms with Crippen LogP contribution in [-0.2, 0) is 25.9 Å². The number of nitrogens with one attached hydrogen (secondary N) is 1. The normalized spacial score (nSPS) is 11.9. The monoisotopic (exact) mass is 599 g/mol. The summed E-state index contributed by atoms with van der Waals surface area (Å²) >= 11 is 5.97. The van der Waals surface area contributed by atoms with E-state index >= 15 is 0 Å². The number of amides is 1. The Morgan fingerprint density at radius 3 is 2.49 bits per heavy atom. The maximum atomic E-state index is 13.4. The molecule has 0 saturated carbocycles. The molecule has 1 aromatic heterocycles. The maximum Gasteiger partial charge on any atom is 0.429 e. The fourth-order valence-electron chi connectivity index (χ4n) is 2.90. The molecule has 218 valence electrons. The third kappa shape index (κ3) is 9.39. The van der Waals surface area contributed by atoms with Crippen LogP contribution >= 0.6 is 11.6 Å². The number of aliphatic hydroxyl groups excluding tert-OH is 1. The average Bonchev–Trinajstić information content (AvgIpc) is 2.85. The Hall–Kier alpha value is -2.85. The van der Waals surface area contributed by atoms with E-state index in [0.29, 0.717) is 18.7 Å². The van der Waals surface area contributed by atoms with Gasteiger partial charge < -0.3 is 24.1 Å². The molecule has 0 spiro atoms. The summed E-state index contributed by atoms with van der Waals surface area (Å²) in [6.45, 7) is 4.05. The number of nitrogens with zero attached hydrogens (tertiary/aromatic N) is 2. The van der Waals surface area contributed by atoms with E-state index in [-0.39, 0.29) is 48.3 Å². The molecule has 0 saturated heterocycles. The lowest BCUT2D eigenvalue weighted by Crippen LogP contribution is -2.46. The Morgan fingerprint density at radius 1 is 1.21 bits per heavy atom. The van der Waals surface area contributed by atoms with Crippen molar-refractivity contribution >= 4 is 33.6 Å². The van der Waals surface area contributed by atoms with Crippen LogP contribution in [0.15, 0.2) is 30.5 Å². The van der Waals surface area contributed by atoms with Crippen molar-refractivity contribution in [3.05, 3.63) is 41.0 Å². The van der Waals surface area contributed by atoms with E-state index in [1.807, 2.05) is 0 Å². The number of halogens is 4. The first-order valence-corrected chi connectivity index (χ1v) is 13.5. The second kappa shape index (κ2) is 14.5. The van der Waals surface area contributed by atoms with Gasteiger partial charge in [-0.05, 0) is 38.5 Å². The average molecular weight is 600 g/mol. The number of ether oxygens (including phenoxy) is 4. The van der Waals surface area contributed by atoms with Crippen LogP contribution in [0.2, 0.25) is 5.02 Å². The molecule has 39 heavy (non-hydrogen) atoms. The van der Waals surface area contributed by atoms with Gasteiger partial charge in [-0.15, -0.1) is 0 Å². The number of aliphatic hydroxyl groups is 1. The summed E-state index contributed by atoms with van der Waals surface area (Å²) in [5.74, 6) is -1.12. The molecule has 1 heterocycles. The van der Waals surface area contributed by atoms with Crippen LogP contribution in [-0.4, -0.2) is 63.7 Å². The summed E-state index contributed by atoms with van der Waals surface area (Å²) in [5.41, 5.74) is -1.64. The molecule has 2 rings (SSSR count). The topological polar surface area (TPSA) is 137 Å². The second-order valence-corrected chi connectivity index (χ2v) is 9.99. The van der Waals surface area contributed by atoms with Crippen molar-refractivity contribution in [1.82, 2.24) is 9.71 Å². The highest BCUT2D eigenvalue weighted by Crippen LogP contribution is 2.43. The van der Waals surface area contributed by atoms with E-state index in [2.05, 4.69) is 9.71 Å². The second-order valence-electron chi connectivity index (χ2n) is 7.98. The van der Waals surface area contributed by atoms with Crippen LogP contribution in [0, 0.1) is 0 Å². The summed E-state index contributed by atoms with van der Waals surface area (Å²) < 4.78 is 89.8. The highest BCUT2D eigenvalue weighted by atomic mass is 35.5. The van der Waals surface area contributed by atoms with Gasteiger partial charge in [0.15, 0.2) is 5.75 Å². The summed E-state index contributed by atoms with van der Waals surface area (Å²) in [6, 6.07) is 4.44. The van der Waals surface area contributed by atoms with Crippen LogP contribution in [0.4, 0.5) is 23.7 Å². The molecule has 16 heteroatoms. The van der Waals surface area contributed by atoms with Gasteiger partial charge in [0.1, 0.15) is 23.1 Å². The van der Waals surface area contributed by atoms with E-state index in [4.69, 9.17) is 30.5 Å². The van der Waals surface area contributed by atoms with Gasteiger partial charge in [-0.1, -0.05) is 24.6 Å². The van der Waals surface area contributed by atoms with Gasteiger partial charge in [0, 0.05) is 12.7 Å². The molecule has 0 bridgehead atoms. The van der Waals surface area contributed by atoms with Crippen molar-refractivity contribution in [1.29, 1.82) is 0 Å². The summed E-state index contributed by atoms with van der Waals surface area (Å²) in [4.78, 5) is 16.7. The fourth-order valence-corrected chi connectivity index (χ4v) is 4.25. The van der Waals surface area contributed by atoms with Crippen molar-refractivity contribution in [3.8, 4) is 17.4 Å². The lowest BCUT2D eigenvalue weighted by Gasteiger charge is -2.26. The highest BCUT2D eigenvalue weighted by molar-refractivity contribution is 7.91. The van der Waals surface area contributed by atoms with E-state index in [9.17, 15) is 31.5 Å². The van der Waals surface area contributed by atoms with Gasteiger partial charge in [0.2, 0.25) is 5.88 Å². The van der Waals surface area contributed by atoms with Crippen molar-refractivity contribution in [2.24, 2.45) is 0 Å². The standard InChI is InChI=1S/C23H29ClF3N3O8S/c1-4-10-37-22(32)30(39(33,34)29-8-11-35-15(2)3)20-18(36-12-9-31)6-5-7-19(20)38-21-17(24)13-16(14-28-21)23(25,26)27/h5-7,13-15,29,31H,4,8-12H2,1-3H3. The summed E-state index contributed by atoms with van der Waals surface area (Å²) in [6.07, 6.45) is -5.39. The number of carbonyl (C=O) groups excluding carboxylic acids is 1. The van der Waals surface area contributed by atoms with E-state index in [0.717, 1.165) is 0 Å². The van der Waals surface area contributed by atoms with E-state index in [1.54, 1.807) is 20.8 Å². The first-order valence-electron chi connectivity index (χ1n) is 11.7. The Balaban J connectivity index is 2.62. The molecule has 1 aromatic carbocycles. The molecule has 1 amide bonds. The summed E-state index contributed by atoms with van der Waals surface area (Å²) in [7, 11) is -4.70. The molecule has 0 atom stereocenters. The number of benzene rings is 1. The Morgan fingerprint density at radius 2 is 1.90 bits per heavy atom. The largest absolute Gasteiger partial charge is 0.489 e. The van der Waals surface area contributed by atoms with Gasteiger partial charge in [0.25, 0.3) is 0 Å². The highest BCUT2D eigenvalue weighted by Gasteiger charge is 2.37. The third-order valence-electron chi connectivity index (χ3n) is 4.53. The van der Waals surface area contributed by atoms with Crippen molar-refractivity contribution in [2.45, 2.75) is 39.5 Å². The van der Waals surface area contributed by atoms with E-state index in [1.165, 1.54) is 18.2 Å². The van der Waals surface area contributed by atoms with Crippen LogP contribution in [0.3, 0.4) is 0 Å². The molecule has 0 fully saturated rings. The Bertz CT molecular complexity index is 1220. The molecule has 0 aliphatic carbocycles. The third-order valence-corrected chi connectivity index (χ3v) is 6.18. The lowest BCUT2D eigenvalue weighted by molar-refractivity contribution is -0.137. The van der Waals surface area contributed by atoms with Gasteiger partial charge in [-0.2, -0.15) is 30.6 Å². The zero-order valence-electron chi connectivity index (χ0n) is 21.3. The fraction of sp³-hybridized carbons (Fsp3) is 0.478. The number of para-hydroxylation sites is 1.